The van der Waals surface area contributed by atoms with Gasteiger partial charge in [0.1, 0.15) is 0 Å². The molecule has 3 N–H and O–H groups in total. The maximum Gasteiger partial charge on any atom is 0.250 e. The van der Waals surface area contributed by atoms with Gasteiger partial charge in [0.15, 0.2) is 0 Å². The van der Waals surface area contributed by atoms with E-state index in [-0.39, 0.29) is 22.4 Å². The largest absolute Gasteiger partial charge is 0.366 e. The molecule has 0 unspecified atom stereocenters. The molecule has 18 heavy (non-hydrogen) atoms. The normalized spacial score (nSPS) is 15.6. The molecule has 1 aromatic carbocycles. The SMILES string of the molecule is NC(=O)c1ccc(NC(=O)C2CCCC2)cc1Cl. The quantitative estimate of drug-likeness (QED) is 0.882. The van der Waals surface area contributed by atoms with Crippen LogP contribution < -0.4 is 11.1 Å². The first kappa shape index (κ1) is 12.9. The Bertz CT molecular complexity index is 482. The molecule has 1 aromatic rings. The second-order valence-corrected chi connectivity index (χ2v) is 4.94. The van der Waals surface area contributed by atoms with E-state index in [2.05, 4.69) is 5.32 Å². The predicted octanol–water partition coefficient (Wildman–Crippen LogP) is 2.57. The van der Waals surface area contributed by atoms with Crippen LogP contribution in [0.15, 0.2) is 18.2 Å². The number of nitrogens with two attached hydrogens (primary N) is 1. The number of hydrogen-bond acceptors (Lipinski definition) is 2. The van der Waals surface area contributed by atoms with Crippen molar-refractivity contribution in [3.05, 3.63) is 28.8 Å². The minimum absolute atomic E-state index is 0.0235. The Kier molecular flexibility index (Phi) is 3.87. The number of carbonyl (C=O) groups is 2. The van der Waals surface area contributed by atoms with Crippen LogP contribution in [0, 0.1) is 5.92 Å². The number of benzene rings is 1. The lowest BCUT2D eigenvalue weighted by atomic mass is 10.1. The summed E-state index contributed by atoms with van der Waals surface area (Å²) in [5.41, 5.74) is 6.01. The summed E-state index contributed by atoms with van der Waals surface area (Å²) in [4.78, 5) is 22.9. The molecule has 0 heterocycles. The van der Waals surface area contributed by atoms with E-state index >= 15 is 0 Å². The second-order valence-electron chi connectivity index (χ2n) is 4.53. The molecule has 0 radical (unpaired) electrons. The lowest BCUT2D eigenvalue weighted by Crippen LogP contribution is -2.20. The molecular weight excluding hydrogens is 252 g/mol. The molecule has 0 saturated heterocycles. The van der Waals surface area contributed by atoms with Crippen molar-refractivity contribution in [2.45, 2.75) is 25.7 Å². The van der Waals surface area contributed by atoms with Crippen LogP contribution in [-0.4, -0.2) is 11.8 Å². The second kappa shape index (κ2) is 5.40. The Labute approximate surface area is 110 Å². The average molecular weight is 267 g/mol. The van der Waals surface area contributed by atoms with Gasteiger partial charge in [-0.15, -0.1) is 0 Å². The lowest BCUT2D eigenvalue weighted by molar-refractivity contribution is -0.119. The van der Waals surface area contributed by atoms with Gasteiger partial charge in [0.2, 0.25) is 11.8 Å². The van der Waals surface area contributed by atoms with Crippen molar-refractivity contribution in [1.29, 1.82) is 0 Å². The van der Waals surface area contributed by atoms with Crippen LogP contribution in [0.3, 0.4) is 0 Å². The highest BCUT2D eigenvalue weighted by Gasteiger charge is 2.22. The van der Waals surface area contributed by atoms with Crippen molar-refractivity contribution in [1.82, 2.24) is 0 Å². The summed E-state index contributed by atoms with van der Waals surface area (Å²) in [6, 6.07) is 4.71. The van der Waals surface area contributed by atoms with Crippen molar-refractivity contribution < 1.29 is 9.59 Å². The first-order valence-corrected chi connectivity index (χ1v) is 6.36. The van der Waals surface area contributed by atoms with Crippen molar-refractivity contribution in [2.24, 2.45) is 11.7 Å². The topological polar surface area (TPSA) is 72.2 Å². The van der Waals surface area contributed by atoms with Crippen LogP contribution in [0.2, 0.25) is 5.02 Å². The fraction of sp³-hybridized carbons (Fsp3) is 0.385. The molecule has 4 nitrogen and oxygen atoms in total. The summed E-state index contributed by atoms with van der Waals surface area (Å²) >= 11 is 5.92. The average Bonchev–Trinajstić information content (AvgIpc) is 2.81. The number of halogens is 1. The van der Waals surface area contributed by atoms with Crippen LogP contribution in [-0.2, 0) is 4.79 Å². The number of hydrogen-bond donors (Lipinski definition) is 2. The van der Waals surface area contributed by atoms with Gasteiger partial charge in [-0.3, -0.25) is 9.59 Å². The van der Waals surface area contributed by atoms with Crippen molar-refractivity contribution in [2.75, 3.05) is 5.32 Å². The highest BCUT2D eigenvalue weighted by molar-refractivity contribution is 6.34. The summed E-state index contributed by atoms with van der Waals surface area (Å²) in [5.74, 6) is -0.455. The van der Waals surface area contributed by atoms with Gasteiger partial charge in [-0.05, 0) is 31.0 Å². The smallest absolute Gasteiger partial charge is 0.250 e. The highest BCUT2D eigenvalue weighted by Crippen LogP contribution is 2.27. The van der Waals surface area contributed by atoms with E-state index in [1.807, 2.05) is 0 Å². The maximum absolute atomic E-state index is 11.9. The van der Waals surface area contributed by atoms with Gasteiger partial charge in [-0.1, -0.05) is 24.4 Å². The summed E-state index contributed by atoms with van der Waals surface area (Å²) < 4.78 is 0. The Balaban J connectivity index is 2.07. The first-order valence-electron chi connectivity index (χ1n) is 5.98. The van der Waals surface area contributed by atoms with Crippen LogP contribution in [0.4, 0.5) is 5.69 Å². The van der Waals surface area contributed by atoms with Crippen LogP contribution in [0.1, 0.15) is 36.0 Å². The molecule has 0 spiro atoms. The zero-order chi connectivity index (χ0) is 13.1. The number of nitrogens with one attached hydrogen (secondary N) is 1. The molecule has 1 saturated carbocycles. The fourth-order valence-electron chi connectivity index (χ4n) is 2.23. The van der Waals surface area contributed by atoms with Crippen molar-refractivity contribution >= 4 is 29.1 Å². The molecule has 2 amide bonds. The molecule has 96 valence electrons. The van der Waals surface area contributed by atoms with Gasteiger partial charge >= 0.3 is 0 Å². The first-order chi connectivity index (χ1) is 8.58. The molecule has 0 aliphatic heterocycles. The zero-order valence-corrected chi connectivity index (χ0v) is 10.7. The third-order valence-electron chi connectivity index (χ3n) is 3.23. The van der Waals surface area contributed by atoms with Gasteiger partial charge in [-0.25, -0.2) is 0 Å². The minimum atomic E-state index is -0.575. The van der Waals surface area contributed by atoms with E-state index in [4.69, 9.17) is 17.3 Å². The predicted molar refractivity (Wildman–Crippen MR) is 70.6 cm³/mol. The number of rotatable bonds is 3. The van der Waals surface area contributed by atoms with Crippen LogP contribution in [0.5, 0.6) is 0 Å². The zero-order valence-electron chi connectivity index (χ0n) is 9.91. The Morgan fingerprint density at radius 2 is 1.94 bits per heavy atom. The molecule has 1 aliphatic carbocycles. The van der Waals surface area contributed by atoms with Crippen LogP contribution in [0.25, 0.3) is 0 Å². The van der Waals surface area contributed by atoms with Gasteiger partial charge in [0.25, 0.3) is 0 Å². The van der Waals surface area contributed by atoms with E-state index in [1.165, 1.54) is 6.07 Å². The molecule has 1 aliphatic rings. The van der Waals surface area contributed by atoms with Crippen LogP contribution >= 0.6 is 11.6 Å². The number of carbonyl (C=O) groups excluding carboxylic acids is 2. The van der Waals surface area contributed by atoms with Gasteiger partial charge in [0, 0.05) is 11.6 Å². The number of amides is 2. The van der Waals surface area contributed by atoms with E-state index < -0.39 is 5.91 Å². The molecule has 1 fully saturated rings. The minimum Gasteiger partial charge on any atom is -0.366 e. The van der Waals surface area contributed by atoms with Crippen molar-refractivity contribution in [3.63, 3.8) is 0 Å². The monoisotopic (exact) mass is 266 g/mol. The van der Waals surface area contributed by atoms with E-state index in [0.717, 1.165) is 25.7 Å². The van der Waals surface area contributed by atoms with E-state index in [9.17, 15) is 9.59 Å². The summed E-state index contributed by atoms with van der Waals surface area (Å²) in [6.45, 7) is 0. The Hall–Kier alpha value is -1.55. The summed E-state index contributed by atoms with van der Waals surface area (Å²) in [5, 5.41) is 3.07. The van der Waals surface area contributed by atoms with E-state index in [0.29, 0.717) is 5.69 Å². The molecular formula is C13H15ClN2O2. The summed E-state index contributed by atoms with van der Waals surface area (Å²) in [6.07, 6.45) is 4.11. The standard InChI is InChI=1S/C13H15ClN2O2/c14-11-7-9(5-6-10(11)12(15)17)16-13(18)8-3-1-2-4-8/h5-8H,1-4H2,(H2,15,17)(H,16,18). The van der Waals surface area contributed by atoms with Gasteiger partial charge in [0.05, 0.1) is 10.6 Å². The molecule has 0 atom stereocenters. The lowest BCUT2D eigenvalue weighted by Gasteiger charge is -2.11. The molecule has 5 heteroatoms. The van der Waals surface area contributed by atoms with Crippen molar-refractivity contribution in [3.8, 4) is 0 Å². The fourth-order valence-corrected chi connectivity index (χ4v) is 2.50. The molecule has 0 aromatic heterocycles. The van der Waals surface area contributed by atoms with E-state index in [1.54, 1.807) is 12.1 Å². The highest BCUT2D eigenvalue weighted by atomic mass is 35.5. The Morgan fingerprint density at radius 3 is 2.50 bits per heavy atom. The molecule has 2 rings (SSSR count). The Morgan fingerprint density at radius 1 is 1.28 bits per heavy atom. The summed E-state index contributed by atoms with van der Waals surface area (Å²) in [7, 11) is 0. The maximum atomic E-state index is 11.9. The molecule has 0 bridgehead atoms. The number of anilines is 1. The third-order valence-corrected chi connectivity index (χ3v) is 3.54. The van der Waals surface area contributed by atoms with Gasteiger partial charge < -0.3 is 11.1 Å². The number of primary amides is 1. The van der Waals surface area contributed by atoms with Gasteiger partial charge in [-0.2, -0.15) is 0 Å². The third kappa shape index (κ3) is 2.82.